The SMILES string of the molecule is CS(=O)(=O)CC(NC(=O)Nc1cnn(CC2CCCO2)c1)c1ccccc1. The van der Waals surface area contributed by atoms with Gasteiger partial charge in [-0.1, -0.05) is 30.3 Å². The summed E-state index contributed by atoms with van der Waals surface area (Å²) in [6.07, 6.45) is 6.66. The average Bonchev–Trinajstić information content (AvgIpc) is 3.26. The highest BCUT2D eigenvalue weighted by Gasteiger charge is 2.20. The number of amides is 2. The second kappa shape index (κ2) is 8.53. The van der Waals surface area contributed by atoms with E-state index in [0.29, 0.717) is 12.2 Å². The van der Waals surface area contributed by atoms with Crippen LogP contribution in [0.4, 0.5) is 10.5 Å². The maximum atomic E-state index is 12.4. The van der Waals surface area contributed by atoms with E-state index < -0.39 is 21.9 Å². The Kier molecular flexibility index (Phi) is 6.12. The van der Waals surface area contributed by atoms with Crippen molar-refractivity contribution in [3.8, 4) is 0 Å². The van der Waals surface area contributed by atoms with Crippen LogP contribution in [-0.4, -0.2) is 48.9 Å². The fourth-order valence-electron chi connectivity index (χ4n) is 3.06. The fourth-order valence-corrected chi connectivity index (χ4v) is 3.94. The molecule has 3 rings (SSSR count). The van der Waals surface area contributed by atoms with Gasteiger partial charge in [0.05, 0.1) is 36.3 Å². The summed E-state index contributed by atoms with van der Waals surface area (Å²) in [4.78, 5) is 12.4. The third-order valence-electron chi connectivity index (χ3n) is 4.28. The highest BCUT2D eigenvalue weighted by Crippen LogP contribution is 2.17. The van der Waals surface area contributed by atoms with Crippen molar-refractivity contribution in [2.45, 2.75) is 31.5 Å². The third-order valence-corrected chi connectivity index (χ3v) is 5.22. The molecule has 2 N–H and O–H groups in total. The van der Waals surface area contributed by atoms with Crippen molar-refractivity contribution < 1.29 is 17.9 Å². The number of sulfone groups is 1. The zero-order chi connectivity index (χ0) is 19.3. The Labute approximate surface area is 158 Å². The van der Waals surface area contributed by atoms with Crippen LogP contribution in [0.25, 0.3) is 0 Å². The first-order valence-electron chi connectivity index (χ1n) is 8.83. The van der Waals surface area contributed by atoms with Gasteiger partial charge in [-0.2, -0.15) is 5.10 Å². The molecule has 8 nitrogen and oxygen atoms in total. The Balaban J connectivity index is 1.61. The third kappa shape index (κ3) is 6.07. The molecule has 1 saturated heterocycles. The molecule has 0 bridgehead atoms. The first-order valence-corrected chi connectivity index (χ1v) is 10.9. The van der Waals surface area contributed by atoms with Crippen LogP contribution in [0.15, 0.2) is 42.7 Å². The molecular weight excluding hydrogens is 368 g/mol. The zero-order valence-corrected chi connectivity index (χ0v) is 16.0. The van der Waals surface area contributed by atoms with Gasteiger partial charge in [0.25, 0.3) is 0 Å². The van der Waals surface area contributed by atoms with E-state index in [1.165, 1.54) is 0 Å². The second-order valence-electron chi connectivity index (χ2n) is 6.74. The van der Waals surface area contributed by atoms with Crippen molar-refractivity contribution in [2.24, 2.45) is 0 Å². The van der Waals surface area contributed by atoms with Gasteiger partial charge >= 0.3 is 6.03 Å². The van der Waals surface area contributed by atoms with Crippen LogP contribution >= 0.6 is 0 Å². The number of hydrogen-bond donors (Lipinski definition) is 2. The minimum Gasteiger partial charge on any atom is -0.376 e. The van der Waals surface area contributed by atoms with E-state index in [2.05, 4.69) is 15.7 Å². The van der Waals surface area contributed by atoms with Gasteiger partial charge in [0.1, 0.15) is 9.84 Å². The molecular formula is C18H24N4O4S. The maximum Gasteiger partial charge on any atom is 0.319 e. The Morgan fingerprint density at radius 3 is 2.81 bits per heavy atom. The van der Waals surface area contributed by atoms with Crippen molar-refractivity contribution >= 4 is 21.6 Å². The predicted molar refractivity (Wildman–Crippen MR) is 102 cm³/mol. The minimum absolute atomic E-state index is 0.156. The van der Waals surface area contributed by atoms with Gasteiger partial charge in [0.2, 0.25) is 0 Å². The van der Waals surface area contributed by atoms with Crippen molar-refractivity contribution in [1.82, 2.24) is 15.1 Å². The molecule has 27 heavy (non-hydrogen) atoms. The van der Waals surface area contributed by atoms with Crippen LogP contribution in [0.3, 0.4) is 0 Å². The number of hydrogen-bond acceptors (Lipinski definition) is 5. The smallest absolute Gasteiger partial charge is 0.319 e. The second-order valence-corrected chi connectivity index (χ2v) is 8.93. The molecule has 0 aliphatic carbocycles. The molecule has 0 spiro atoms. The molecule has 2 amide bonds. The van der Waals surface area contributed by atoms with Gasteiger partial charge in [-0.3, -0.25) is 4.68 Å². The number of carbonyl (C=O) groups excluding carboxylic acids is 1. The molecule has 9 heteroatoms. The zero-order valence-electron chi connectivity index (χ0n) is 15.2. The van der Waals surface area contributed by atoms with Crippen LogP contribution in [0, 0.1) is 0 Å². The number of nitrogens with one attached hydrogen (secondary N) is 2. The van der Waals surface area contributed by atoms with E-state index in [4.69, 9.17) is 4.74 Å². The van der Waals surface area contributed by atoms with Crippen molar-refractivity contribution in [3.63, 3.8) is 0 Å². The van der Waals surface area contributed by atoms with Gasteiger partial charge in [0.15, 0.2) is 0 Å². The number of benzene rings is 1. The van der Waals surface area contributed by atoms with Crippen LogP contribution in [-0.2, 0) is 21.1 Å². The highest BCUT2D eigenvalue weighted by atomic mass is 32.2. The van der Waals surface area contributed by atoms with Crippen molar-refractivity contribution in [1.29, 1.82) is 0 Å². The Morgan fingerprint density at radius 1 is 1.37 bits per heavy atom. The molecule has 2 atom stereocenters. The number of nitrogens with zero attached hydrogens (tertiary/aromatic N) is 2. The van der Waals surface area contributed by atoms with Gasteiger partial charge in [-0.25, -0.2) is 13.2 Å². The molecule has 1 aromatic carbocycles. The van der Waals surface area contributed by atoms with Crippen molar-refractivity contribution in [2.75, 3.05) is 23.9 Å². The van der Waals surface area contributed by atoms with Gasteiger partial charge in [-0.15, -0.1) is 0 Å². The summed E-state index contributed by atoms with van der Waals surface area (Å²) in [7, 11) is -3.27. The van der Waals surface area contributed by atoms with E-state index in [9.17, 15) is 13.2 Å². The lowest BCUT2D eigenvalue weighted by Crippen LogP contribution is -2.36. The van der Waals surface area contributed by atoms with E-state index in [-0.39, 0.29) is 11.9 Å². The quantitative estimate of drug-likeness (QED) is 0.750. The van der Waals surface area contributed by atoms with Crippen LogP contribution in [0.1, 0.15) is 24.4 Å². The average molecular weight is 392 g/mol. The first-order chi connectivity index (χ1) is 12.9. The summed E-state index contributed by atoms with van der Waals surface area (Å²) in [5.74, 6) is -0.178. The molecule has 1 aliphatic heterocycles. The van der Waals surface area contributed by atoms with Crippen LogP contribution in [0.2, 0.25) is 0 Å². The van der Waals surface area contributed by atoms with E-state index >= 15 is 0 Å². The Bertz CT molecular complexity index is 860. The lowest BCUT2D eigenvalue weighted by Gasteiger charge is -2.18. The van der Waals surface area contributed by atoms with E-state index in [1.807, 2.05) is 6.07 Å². The minimum atomic E-state index is -3.27. The Morgan fingerprint density at radius 2 is 2.15 bits per heavy atom. The molecule has 2 heterocycles. The number of urea groups is 1. The summed E-state index contributed by atoms with van der Waals surface area (Å²) >= 11 is 0. The molecule has 1 aliphatic rings. The Hall–Kier alpha value is -2.39. The van der Waals surface area contributed by atoms with Gasteiger partial charge < -0.3 is 15.4 Å². The summed E-state index contributed by atoms with van der Waals surface area (Å²) in [5.41, 5.74) is 1.27. The monoisotopic (exact) mass is 392 g/mol. The van der Waals surface area contributed by atoms with E-state index in [1.54, 1.807) is 41.3 Å². The number of aromatic nitrogens is 2. The molecule has 146 valence electrons. The lowest BCUT2D eigenvalue weighted by molar-refractivity contribution is 0.0940. The normalized spacial score (nSPS) is 18.2. The molecule has 1 aromatic heterocycles. The molecule has 1 fully saturated rings. The summed E-state index contributed by atoms with van der Waals surface area (Å²) in [5, 5.41) is 9.66. The first kappa shape index (κ1) is 19.4. The molecule has 0 radical (unpaired) electrons. The maximum absolute atomic E-state index is 12.4. The molecule has 2 aromatic rings. The fraction of sp³-hybridized carbons (Fsp3) is 0.444. The molecule has 2 unspecified atom stereocenters. The number of carbonyl (C=O) groups is 1. The summed E-state index contributed by atoms with van der Waals surface area (Å²) in [6, 6.07) is 7.90. The van der Waals surface area contributed by atoms with Crippen molar-refractivity contribution in [3.05, 3.63) is 48.3 Å². The van der Waals surface area contributed by atoms with E-state index in [0.717, 1.165) is 31.3 Å². The number of rotatable bonds is 7. The van der Waals surface area contributed by atoms with Crippen LogP contribution in [0.5, 0.6) is 0 Å². The standard InChI is InChI=1S/C18H24N4O4S/c1-27(24,25)13-17(14-6-3-2-4-7-14)21-18(23)20-15-10-19-22(11-15)12-16-8-5-9-26-16/h2-4,6-7,10-11,16-17H,5,8-9,12-13H2,1H3,(H2,20,21,23). The topological polar surface area (TPSA) is 102 Å². The largest absolute Gasteiger partial charge is 0.376 e. The highest BCUT2D eigenvalue weighted by molar-refractivity contribution is 7.90. The number of anilines is 1. The predicted octanol–water partition coefficient (Wildman–Crippen LogP) is 1.97. The van der Waals surface area contributed by atoms with Crippen LogP contribution < -0.4 is 10.6 Å². The summed E-state index contributed by atoms with van der Waals surface area (Å²) < 4.78 is 30.8. The molecule has 0 saturated carbocycles. The van der Waals surface area contributed by atoms with Gasteiger partial charge in [0, 0.05) is 19.1 Å². The lowest BCUT2D eigenvalue weighted by atomic mass is 10.1. The van der Waals surface area contributed by atoms with Gasteiger partial charge in [-0.05, 0) is 18.4 Å². The summed E-state index contributed by atoms with van der Waals surface area (Å²) in [6.45, 7) is 1.42. The number of ether oxygens (including phenoxy) is 1.